The highest BCUT2D eigenvalue weighted by atomic mass is 15.3. The molecular weight excluding hydrogens is 222 g/mol. The average Bonchev–Trinajstić information content (AvgIpc) is 2.68. The molecule has 0 bridgehead atoms. The summed E-state index contributed by atoms with van der Waals surface area (Å²) < 4.78 is 2.22. The van der Waals surface area contributed by atoms with E-state index in [-0.39, 0.29) is 0 Å². The Morgan fingerprint density at radius 1 is 1.44 bits per heavy atom. The predicted molar refractivity (Wildman–Crippen MR) is 75.6 cm³/mol. The molecule has 1 fully saturated rings. The molecule has 0 amide bonds. The fraction of sp³-hybridized carbons (Fsp3) is 0.800. The van der Waals surface area contributed by atoms with Crippen LogP contribution in [-0.4, -0.2) is 15.8 Å². The van der Waals surface area contributed by atoms with Crippen LogP contribution in [0.25, 0.3) is 0 Å². The van der Waals surface area contributed by atoms with E-state index in [4.69, 9.17) is 5.10 Å². The van der Waals surface area contributed by atoms with Gasteiger partial charge in [0.1, 0.15) is 0 Å². The van der Waals surface area contributed by atoms with E-state index in [0.29, 0.717) is 12.1 Å². The summed E-state index contributed by atoms with van der Waals surface area (Å²) in [4.78, 5) is 0. The second-order valence-corrected chi connectivity index (χ2v) is 6.18. The van der Waals surface area contributed by atoms with Crippen LogP contribution in [0, 0.1) is 12.8 Å². The molecule has 18 heavy (non-hydrogen) atoms. The molecule has 0 spiro atoms. The second-order valence-electron chi connectivity index (χ2n) is 6.18. The Kier molecular flexibility index (Phi) is 4.44. The maximum atomic E-state index is 4.72. The van der Waals surface area contributed by atoms with Gasteiger partial charge in [0.15, 0.2) is 0 Å². The van der Waals surface area contributed by atoms with Crippen LogP contribution in [0.1, 0.15) is 63.8 Å². The third-order valence-electron chi connectivity index (χ3n) is 4.00. The number of aromatic nitrogens is 2. The van der Waals surface area contributed by atoms with Crippen molar-refractivity contribution in [2.75, 3.05) is 0 Å². The first kappa shape index (κ1) is 13.6. The summed E-state index contributed by atoms with van der Waals surface area (Å²) in [6.45, 7) is 9.79. The van der Waals surface area contributed by atoms with Gasteiger partial charge in [-0.1, -0.05) is 33.6 Å². The molecule has 3 heteroatoms. The minimum atomic E-state index is 0.530. The van der Waals surface area contributed by atoms with Gasteiger partial charge in [-0.2, -0.15) is 5.10 Å². The Balaban J connectivity index is 2.03. The first-order chi connectivity index (χ1) is 8.56. The van der Waals surface area contributed by atoms with E-state index >= 15 is 0 Å². The van der Waals surface area contributed by atoms with Gasteiger partial charge in [-0.15, -0.1) is 0 Å². The number of nitrogens with zero attached hydrogens (tertiary/aromatic N) is 2. The van der Waals surface area contributed by atoms with Crippen molar-refractivity contribution in [1.82, 2.24) is 15.1 Å². The maximum absolute atomic E-state index is 4.72. The molecule has 1 aliphatic rings. The standard InChI is InChI=1S/C15H27N3/c1-11(2)16-9-14-10-18(17-13(14)4)15-7-5-6-12(3)8-15/h10-12,15-16H,5-9H2,1-4H3. The molecule has 0 saturated heterocycles. The van der Waals surface area contributed by atoms with Crippen molar-refractivity contribution in [3.63, 3.8) is 0 Å². The number of hydrogen-bond donors (Lipinski definition) is 1. The van der Waals surface area contributed by atoms with Gasteiger partial charge in [-0.3, -0.25) is 4.68 Å². The summed E-state index contributed by atoms with van der Waals surface area (Å²) in [5.74, 6) is 0.852. The molecule has 1 aromatic heterocycles. The van der Waals surface area contributed by atoms with Crippen LogP contribution in [0.15, 0.2) is 6.20 Å². The van der Waals surface area contributed by atoms with Crippen LogP contribution in [-0.2, 0) is 6.54 Å². The van der Waals surface area contributed by atoms with Crippen LogP contribution >= 0.6 is 0 Å². The first-order valence-corrected chi connectivity index (χ1v) is 7.34. The summed E-state index contributed by atoms with van der Waals surface area (Å²) in [5.41, 5.74) is 2.53. The van der Waals surface area contributed by atoms with Crippen molar-refractivity contribution in [2.24, 2.45) is 5.92 Å². The summed E-state index contributed by atoms with van der Waals surface area (Å²) >= 11 is 0. The molecule has 0 aliphatic heterocycles. The van der Waals surface area contributed by atoms with Gasteiger partial charge in [0.05, 0.1) is 11.7 Å². The molecule has 0 radical (unpaired) electrons. The Bertz CT molecular complexity index is 381. The van der Waals surface area contributed by atoms with Gasteiger partial charge in [-0.05, 0) is 25.7 Å². The van der Waals surface area contributed by atoms with E-state index < -0.39 is 0 Å². The zero-order valence-corrected chi connectivity index (χ0v) is 12.2. The van der Waals surface area contributed by atoms with Crippen LogP contribution in [0.2, 0.25) is 0 Å². The van der Waals surface area contributed by atoms with Crippen molar-refractivity contribution >= 4 is 0 Å². The number of nitrogens with one attached hydrogen (secondary N) is 1. The average molecular weight is 249 g/mol. The first-order valence-electron chi connectivity index (χ1n) is 7.34. The fourth-order valence-electron chi connectivity index (χ4n) is 2.84. The van der Waals surface area contributed by atoms with E-state index in [0.717, 1.165) is 12.5 Å². The summed E-state index contributed by atoms with van der Waals surface area (Å²) in [7, 11) is 0. The van der Waals surface area contributed by atoms with Crippen molar-refractivity contribution < 1.29 is 0 Å². The highest BCUT2D eigenvalue weighted by molar-refractivity contribution is 5.15. The summed E-state index contributed by atoms with van der Waals surface area (Å²) in [5, 5.41) is 8.20. The Labute approximate surface area is 111 Å². The summed E-state index contributed by atoms with van der Waals surface area (Å²) in [6, 6.07) is 1.16. The molecule has 2 rings (SSSR count). The van der Waals surface area contributed by atoms with Crippen molar-refractivity contribution in [3.8, 4) is 0 Å². The molecule has 1 saturated carbocycles. The lowest BCUT2D eigenvalue weighted by Gasteiger charge is -2.26. The van der Waals surface area contributed by atoms with E-state index in [1.165, 1.54) is 36.9 Å². The minimum absolute atomic E-state index is 0.530. The van der Waals surface area contributed by atoms with Gasteiger partial charge in [-0.25, -0.2) is 0 Å². The van der Waals surface area contributed by atoms with E-state index in [1.54, 1.807) is 0 Å². The SMILES string of the molecule is Cc1nn(C2CCCC(C)C2)cc1CNC(C)C. The molecule has 1 heterocycles. The lowest BCUT2D eigenvalue weighted by molar-refractivity contribution is 0.266. The largest absolute Gasteiger partial charge is 0.310 e. The van der Waals surface area contributed by atoms with Crippen LogP contribution < -0.4 is 5.32 Å². The minimum Gasteiger partial charge on any atom is -0.310 e. The highest BCUT2D eigenvalue weighted by Gasteiger charge is 2.21. The normalized spacial score (nSPS) is 24.7. The molecule has 3 nitrogen and oxygen atoms in total. The van der Waals surface area contributed by atoms with Crippen molar-refractivity contribution in [2.45, 2.75) is 72.0 Å². The summed E-state index contributed by atoms with van der Waals surface area (Å²) in [6.07, 6.45) is 7.58. The zero-order chi connectivity index (χ0) is 13.1. The van der Waals surface area contributed by atoms with E-state index in [9.17, 15) is 0 Å². The Hall–Kier alpha value is -0.830. The zero-order valence-electron chi connectivity index (χ0n) is 12.2. The molecule has 2 atom stereocenters. The van der Waals surface area contributed by atoms with Crippen LogP contribution in [0.5, 0.6) is 0 Å². The second kappa shape index (κ2) is 5.87. The number of hydrogen-bond acceptors (Lipinski definition) is 2. The number of aryl methyl sites for hydroxylation is 1. The lowest BCUT2D eigenvalue weighted by Crippen LogP contribution is -2.22. The van der Waals surface area contributed by atoms with Gasteiger partial charge in [0.25, 0.3) is 0 Å². The maximum Gasteiger partial charge on any atom is 0.0638 e. The third-order valence-corrected chi connectivity index (χ3v) is 4.00. The highest BCUT2D eigenvalue weighted by Crippen LogP contribution is 2.32. The Morgan fingerprint density at radius 2 is 2.22 bits per heavy atom. The molecule has 1 aliphatic carbocycles. The monoisotopic (exact) mass is 249 g/mol. The molecule has 1 aromatic rings. The van der Waals surface area contributed by atoms with Gasteiger partial charge in [0.2, 0.25) is 0 Å². The number of rotatable bonds is 4. The molecule has 102 valence electrons. The quantitative estimate of drug-likeness (QED) is 0.886. The fourth-order valence-corrected chi connectivity index (χ4v) is 2.84. The molecule has 1 N–H and O–H groups in total. The van der Waals surface area contributed by atoms with Gasteiger partial charge in [0, 0.05) is 24.3 Å². The topological polar surface area (TPSA) is 29.9 Å². The van der Waals surface area contributed by atoms with Crippen molar-refractivity contribution in [3.05, 3.63) is 17.5 Å². The predicted octanol–water partition coefficient (Wildman–Crippen LogP) is 3.44. The lowest BCUT2D eigenvalue weighted by atomic mass is 9.87. The van der Waals surface area contributed by atoms with Crippen molar-refractivity contribution in [1.29, 1.82) is 0 Å². The third kappa shape index (κ3) is 3.35. The van der Waals surface area contributed by atoms with Crippen LogP contribution in [0.3, 0.4) is 0 Å². The van der Waals surface area contributed by atoms with E-state index in [2.05, 4.69) is 43.9 Å². The van der Waals surface area contributed by atoms with Gasteiger partial charge >= 0.3 is 0 Å². The molecule has 0 aromatic carbocycles. The van der Waals surface area contributed by atoms with E-state index in [1.807, 2.05) is 0 Å². The van der Waals surface area contributed by atoms with Gasteiger partial charge < -0.3 is 5.32 Å². The van der Waals surface area contributed by atoms with Crippen LogP contribution in [0.4, 0.5) is 0 Å². The molecule has 2 unspecified atom stereocenters. The smallest absolute Gasteiger partial charge is 0.0638 e. The Morgan fingerprint density at radius 3 is 2.89 bits per heavy atom. The molecular formula is C15H27N3.